The summed E-state index contributed by atoms with van der Waals surface area (Å²) in [6.07, 6.45) is 2.16. The third-order valence-corrected chi connectivity index (χ3v) is 2.78. The van der Waals surface area contributed by atoms with Crippen molar-refractivity contribution in [3.63, 3.8) is 0 Å². The van der Waals surface area contributed by atoms with Crippen molar-refractivity contribution in [2.24, 2.45) is 0 Å². The molecule has 4 nitrogen and oxygen atoms in total. The van der Waals surface area contributed by atoms with E-state index >= 15 is 0 Å². The van der Waals surface area contributed by atoms with Crippen molar-refractivity contribution in [2.75, 3.05) is 24.4 Å². The van der Waals surface area contributed by atoms with E-state index in [1.165, 1.54) is 7.11 Å². The van der Waals surface area contributed by atoms with Crippen molar-refractivity contribution >= 4 is 17.3 Å². The molecule has 0 saturated carbocycles. The molecule has 18 heavy (non-hydrogen) atoms. The molecule has 100 valence electrons. The Kier molecular flexibility index (Phi) is 6.22. The van der Waals surface area contributed by atoms with Gasteiger partial charge >= 0.3 is 0 Å². The van der Waals surface area contributed by atoms with Crippen LogP contribution < -0.4 is 10.6 Å². The minimum absolute atomic E-state index is 0.0736. The van der Waals surface area contributed by atoms with Crippen LogP contribution in [0.1, 0.15) is 26.7 Å². The Morgan fingerprint density at radius 2 is 1.94 bits per heavy atom. The maximum Gasteiger partial charge on any atom is 0.250 e. The molecule has 1 rings (SSSR count). The smallest absolute Gasteiger partial charge is 0.250 e. The first-order valence-corrected chi connectivity index (χ1v) is 6.35. The van der Waals surface area contributed by atoms with E-state index in [9.17, 15) is 4.79 Å². The molecule has 0 saturated heterocycles. The van der Waals surface area contributed by atoms with Crippen molar-refractivity contribution < 1.29 is 9.53 Å². The normalized spacial score (nSPS) is 10.4. The quantitative estimate of drug-likeness (QED) is 0.782. The lowest BCUT2D eigenvalue weighted by atomic mass is 10.1. The minimum Gasteiger partial charge on any atom is -0.382 e. The van der Waals surface area contributed by atoms with Gasteiger partial charge in [0.15, 0.2) is 0 Å². The van der Waals surface area contributed by atoms with Gasteiger partial charge in [-0.15, -0.1) is 0 Å². The Morgan fingerprint density at radius 1 is 1.28 bits per heavy atom. The third-order valence-electron chi connectivity index (χ3n) is 2.78. The summed E-state index contributed by atoms with van der Waals surface area (Å²) in [5.41, 5.74) is 1.81. The number of anilines is 2. The highest BCUT2D eigenvalue weighted by Crippen LogP contribution is 2.17. The summed E-state index contributed by atoms with van der Waals surface area (Å²) in [7, 11) is 1.50. The van der Waals surface area contributed by atoms with Crippen LogP contribution in [0.25, 0.3) is 0 Å². The van der Waals surface area contributed by atoms with Crippen LogP contribution in [0.5, 0.6) is 0 Å². The highest BCUT2D eigenvalue weighted by Gasteiger charge is 2.05. The third kappa shape index (κ3) is 4.75. The molecule has 0 aliphatic rings. The van der Waals surface area contributed by atoms with Gasteiger partial charge in [-0.2, -0.15) is 0 Å². The highest BCUT2D eigenvalue weighted by atomic mass is 16.5. The number of carbonyl (C=O) groups excluding carboxylic acids is 1. The van der Waals surface area contributed by atoms with Gasteiger partial charge in [-0.05, 0) is 31.0 Å². The lowest BCUT2D eigenvalue weighted by Crippen LogP contribution is -2.18. The van der Waals surface area contributed by atoms with E-state index in [1.807, 2.05) is 24.3 Å². The summed E-state index contributed by atoms with van der Waals surface area (Å²) in [5, 5.41) is 6.23. The van der Waals surface area contributed by atoms with Crippen LogP contribution in [0, 0.1) is 0 Å². The molecule has 1 aromatic rings. The predicted octanol–water partition coefficient (Wildman–Crippen LogP) is 2.87. The maximum absolute atomic E-state index is 11.4. The largest absolute Gasteiger partial charge is 0.382 e. The Bertz CT molecular complexity index is 376. The summed E-state index contributed by atoms with van der Waals surface area (Å²) in [6, 6.07) is 8.20. The monoisotopic (exact) mass is 250 g/mol. The zero-order valence-electron chi connectivity index (χ0n) is 11.3. The molecule has 0 aromatic heterocycles. The molecule has 0 aliphatic carbocycles. The Labute approximate surface area is 109 Å². The molecule has 2 N–H and O–H groups in total. The zero-order chi connectivity index (χ0) is 13.4. The number of methoxy groups -OCH3 is 1. The van der Waals surface area contributed by atoms with Crippen LogP contribution in [-0.4, -0.2) is 25.7 Å². The average molecular weight is 250 g/mol. The van der Waals surface area contributed by atoms with Gasteiger partial charge in [0.25, 0.3) is 0 Å². The topological polar surface area (TPSA) is 50.4 Å². The second-order valence-corrected chi connectivity index (χ2v) is 4.22. The molecule has 0 aliphatic heterocycles. The number of hydrogen-bond donors (Lipinski definition) is 2. The molecule has 4 heteroatoms. The Morgan fingerprint density at radius 3 is 2.56 bits per heavy atom. The standard InChI is InChI=1S/C14H22N2O2/c1-4-11(5-2)15-12-7-6-8-13(9-12)16-14(17)10-18-3/h6-9,11,15H,4-5,10H2,1-3H3,(H,16,17). The molecule has 0 spiro atoms. The van der Waals surface area contributed by atoms with E-state index < -0.39 is 0 Å². The first kappa shape index (κ1) is 14.5. The fraction of sp³-hybridized carbons (Fsp3) is 0.500. The van der Waals surface area contributed by atoms with Gasteiger partial charge in [0, 0.05) is 24.5 Å². The van der Waals surface area contributed by atoms with Gasteiger partial charge < -0.3 is 15.4 Å². The summed E-state index contributed by atoms with van der Waals surface area (Å²) in [5.74, 6) is -0.141. The van der Waals surface area contributed by atoms with E-state index in [4.69, 9.17) is 4.74 Å². The lowest BCUT2D eigenvalue weighted by molar-refractivity contribution is -0.119. The second-order valence-electron chi connectivity index (χ2n) is 4.22. The minimum atomic E-state index is -0.141. The van der Waals surface area contributed by atoms with Crippen LogP contribution in [0.4, 0.5) is 11.4 Å². The molecule has 0 radical (unpaired) electrons. The van der Waals surface area contributed by atoms with Crippen LogP contribution >= 0.6 is 0 Å². The van der Waals surface area contributed by atoms with Gasteiger partial charge in [-0.25, -0.2) is 0 Å². The van der Waals surface area contributed by atoms with Crippen LogP contribution in [-0.2, 0) is 9.53 Å². The van der Waals surface area contributed by atoms with Crippen LogP contribution in [0.15, 0.2) is 24.3 Å². The number of nitrogens with one attached hydrogen (secondary N) is 2. The van der Waals surface area contributed by atoms with Crippen LogP contribution in [0.2, 0.25) is 0 Å². The van der Waals surface area contributed by atoms with E-state index in [0.29, 0.717) is 6.04 Å². The van der Waals surface area contributed by atoms with Gasteiger partial charge in [0.2, 0.25) is 5.91 Å². The number of amides is 1. The average Bonchev–Trinajstić information content (AvgIpc) is 2.36. The number of carbonyl (C=O) groups is 1. The van der Waals surface area contributed by atoms with Crippen molar-refractivity contribution in [3.8, 4) is 0 Å². The number of hydrogen-bond acceptors (Lipinski definition) is 3. The van der Waals surface area contributed by atoms with E-state index in [-0.39, 0.29) is 12.5 Å². The number of rotatable bonds is 7. The van der Waals surface area contributed by atoms with E-state index in [0.717, 1.165) is 24.2 Å². The summed E-state index contributed by atoms with van der Waals surface area (Å²) in [6.45, 7) is 4.39. The molecule has 0 heterocycles. The van der Waals surface area contributed by atoms with Gasteiger partial charge in [-0.1, -0.05) is 19.9 Å². The molecule has 0 bridgehead atoms. The van der Waals surface area contributed by atoms with E-state index in [2.05, 4.69) is 24.5 Å². The summed E-state index contributed by atoms with van der Waals surface area (Å²) >= 11 is 0. The maximum atomic E-state index is 11.4. The second kappa shape index (κ2) is 7.71. The first-order chi connectivity index (χ1) is 8.69. The van der Waals surface area contributed by atoms with Gasteiger partial charge in [0.1, 0.15) is 6.61 Å². The highest BCUT2D eigenvalue weighted by molar-refractivity contribution is 5.92. The zero-order valence-corrected chi connectivity index (χ0v) is 11.3. The van der Waals surface area contributed by atoms with Crippen molar-refractivity contribution in [2.45, 2.75) is 32.7 Å². The molecule has 1 amide bonds. The molecule has 1 aromatic carbocycles. The van der Waals surface area contributed by atoms with E-state index in [1.54, 1.807) is 0 Å². The van der Waals surface area contributed by atoms with Crippen molar-refractivity contribution in [3.05, 3.63) is 24.3 Å². The van der Waals surface area contributed by atoms with Crippen LogP contribution in [0.3, 0.4) is 0 Å². The SMILES string of the molecule is CCC(CC)Nc1cccc(NC(=O)COC)c1. The molecule has 0 fully saturated rings. The molecular weight excluding hydrogens is 228 g/mol. The lowest BCUT2D eigenvalue weighted by Gasteiger charge is -2.17. The first-order valence-electron chi connectivity index (χ1n) is 6.35. The van der Waals surface area contributed by atoms with Gasteiger partial charge in [0.05, 0.1) is 0 Å². The Balaban J connectivity index is 2.64. The molecular formula is C14H22N2O2. The number of ether oxygens (including phenoxy) is 1. The summed E-state index contributed by atoms with van der Waals surface area (Å²) in [4.78, 5) is 11.4. The predicted molar refractivity (Wildman–Crippen MR) is 74.9 cm³/mol. The fourth-order valence-corrected chi connectivity index (χ4v) is 1.74. The van der Waals surface area contributed by atoms with Crippen molar-refractivity contribution in [1.29, 1.82) is 0 Å². The van der Waals surface area contributed by atoms with Crippen molar-refractivity contribution in [1.82, 2.24) is 0 Å². The fourth-order valence-electron chi connectivity index (χ4n) is 1.74. The molecule has 0 unspecified atom stereocenters. The summed E-state index contributed by atoms with van der Waals surface area (Å²) < 4.78 is 4.78. The molecule has 0 atom stereocenters. The Hall–Kier alpha value is -1.55. The number of benzene rings is 1. The van der Waals surface area contributed by atoms with Gasteiger partial charge in [-0.3, -0.25) is 4.79 Å².